The number of benzene rings is 1. The van der Waals surface area contributed by atoms with Crippen molar-refractivity contribution in [3.8, 4) is 0 Å². The van der Waals surface area contributed by atoms with Crippen molar-refractivity contribution in [2.45, 2.75) is 39.5 Å². The van der Waals surface area contributed by atoms with Crippen molar-refractivity contribution in [2.75, 3.05) is 13.1 Å². The highest BCUT2D eigenvalue weighted by Crippen LogP contribution is 2.17. The zero-order valence-corrected chi connectivity index (χ0v) is 12.3. The molecule has 2 nitrogen and oxygen atoms in total. The van der Waals surface area contributed by atoms with Gasteiger partial charge in [0, 0.05) is 18.7 Å². The van der Waals surface area contributed by atoms with E-state index in [2.05, 4.69) is 13.8 Å². The molecule has 0 fully saturated rings. The van der Waals surface area contributed by atoms with Crippen molar-refractivity contribution in [3.63, 3.8) is 0 Å². The predicted octanol–water partition coefficient (Wildman–Crippen LogP) is 4.52. The first-order valence-corrected chi connectivity index (χ1v) is 7.22. The summed E-state index contributed by atoms with van der Waals surface area (Å²) in [5.74, 6) is -0.560. The summed E-state index contributed by atoms with van der Waals surface area (Å²) in [6.07, 6.45) is 4.04. The molecule has 0 aliphatic carbocycles. The third-order valence-corrected chi connectivity index (χ3v) is 3.31. The Balaban J connectivity index is 2.81. The van der Waals surface area contributed by atoms with Crippen LogP contribution in [0, 0.1) is 5.82 Å². The monoisotopic (exact) mass is 285 g/mol. The van der Waals surface area contributed by atoms with Crippen LogP contribution in [0.1, 0.15) is 49.9 Å². The summed E-state index contributed by atoms with van der Waals surface area (Å²) in [5, 5.41) is -0.00298. The van der Waals surface area contributed by atoms with Gasteiger partial charge in [0.15, 0.2) is 0 Å². The second kappa shape index (κ2) is 8.16. The minimum absolute atomic E-state index is 0.00298. The minimum Gasteiger partial charge on any atom is -0.339 e. The van der Waals surface area contributed by atoms with Gasteiger partial charge in [-0.05, 0) is 31.0 Å². The molecule has 0 aromatic heterocycles. The predicted molar refractivity (Wildman–Crippen MR) is 77.1 cm³/mol. The van der Waals surface area contributed by atoms with Gasteiger partial charge in [0.1, 0.15) is 5.82 Å². The van der Waals surface area contributed by atoms with E-state index in [0.717, 1.165) is 38.8 Å². The first-order chi connectivity index (χ1) is 9.10. The van der Waals surface area contributed by atoms with E-state index in [1.54, 1.807) is 0 Å². The summed E-state index contributed by atoms with van der Waals surface area (Å²) in [5.41, 5.74) is 0.457. The Bertz CT molecular complexity index is 415. The third kappa shape index (κ3) is 4.83. The molecule has 0 N–H and O–H groups in total. The van der Waals surface area contributed by atoms with Crippen LogP contribution < -0.4 is 0 Å². The van der Waals surface area contributed by atoms with Crippen LogP contribution >= 0.6 is 11.6 Å². The summed E-state index contributed by atoms with van der Waals surface area (Å²) < 4.78 is 13.1. The van der Waals surface area contributed by atoms with E-state index in [9.17, 15) is 9.18 Å². The second-order valence-corrected chi connectivity index (χ2v) is 5.04. The second-order valence-electron chi connectivity index (χ2n) is 4.63. The lowest BCUT2D eigenvalue weighted by Crippen LogP contribution is -2.33. The summed E-state index contributed by atoms with van der Waals surface area (Å²) in [7, 11) is 0. The Labute approximate surface area is 119 Å². The molecule has 0 saturated heterocycles. The SMILES string of the molecule is CCCCN(CCCC)C(=O)c1ccc(F)c(Cl)c1. The van der Waals surface area contributed by atoms with Crippen molar-refractivity contribution in [1.29, 1.82) is 0 Å². The Morgan fingerprint density at radius 1 is 1.21 bits per heavy atom. The molecule has 0 atom stereocenters. The van der Waals surface area contributed by atoms with Gasteiger partial charge in [-0.15, -0.1) is 0 Å². The smallest absolute Gasteiger partial charge is 0.253 e. The molecule has 1 amide bonds. The third-order valence-electron chi connectivity index (χ3n) is 3.02. The van der Waals surface area contributed by atoms with Gasteiger partial charge in [0.2, 0.25) is 0 Å². The molecular weight excluding hydrogens is 265 g/mol. The molecule has 0 aliphatic heterocycles. The fourth-order valence-electron chi connectivity index (χ4n) is 1.82. The lowest BCUT2D eigenvalue weighted by Gasteiger charge is -2.22. The summed E-state index contributed by atoms with van der Waals surface area (Å²) in [6.45, 7) is 5.67. The van der Waals surface area contributed by atoms with Crippen molar-refractivity contribution in [1.82, 2.24) is 4.90 Å². The lowest BCUT2D eigenvalue weighted by atomic mass is 10.1. The van der Waals surface area contributed by atoms with E-state index in [1.165, 1.54) is 18.2 Å². The Kier molecular flexibility index (Phi) is 6.85. The average Bonchev–Trinajstić information content (AvgIpc) is 2.41. The van der Waals surface area contributed by atoms with Crippen LogP contribution in [0.3, 0.4) is 0 Å². The summed E-state index contributed by atoms with van der Waals surface area (Å²) in [4.78, 5) is 14.2. The largest absolute Gasteiger partial charge is 0.339 e. The van der Waals surface area contributed by atoms with Crippen molar-refractivity contribution in [3.05, 3.63) is 34.6 Å². The number of unbranched alkanes of at least 4 members (excludes halogenated alkanes) is 2. The number of halogens is 2. The van der Waals surface area contributed by atoms with Crippen LogP contribution in [-0.4, -0.2) is 23.9 Å². The van der Waals surface area contributed by atoms with Gasteiger partial charge in [0.05, 0.1) is 5.02 Å². The number of carbonyl (C=O) groups is 1. The maximum Gasteiger partial charge on any atom is 0.253 e. The number of nitrogens with zero attached hydrogens (tertiary/aromatic N) is 1. The van der Waals surface area contributed by atoms with Crippen molar-refractivity contribution < 1.29 is 9.18 Å². The fraction of sp³-hybridized carbons (Fsp3) is 0.533. The maximum absolute atomic E-state index is 13.1. The van der Waals surface area contributed by atoms with Crippen LogP contribution in [0.4, 0.5) is 4.39 Å². The van der Waals surface area contributed by atoms with Gasteiger partial charge >= 0.3 is 0 Å². The topological polar surface area (TPSA) is 20.3 Å². The highest BCUT2D eigenvalue weighted by atomic mass is 35.5. The lowest BCUT2D eigenvalue weighted by molar-refractivity contribution is 0.0751. The molecule has 0 radical (unpaired) electrons. The van der Waals surface area contributed by atoms with E-state index in [0.29, 0.717) is 5.56 Å². The van der Waals surface area contributed by atoms with E-state index in [-0.39, 0.29) is 10.9 Å². The number of hydrogen-bond donors (Lipinski definition) is 0. The molecule has 0 unspecified atom stereocenters. The van der Waals surface area contributed by atoms with Crippen LogP contribution in [0.15, 0.2) is 18.2 Å². The minimum atomic E-state index is -0.494. The maximum atomic E-state index is 13.1. The standard InChI is InChI=1S/C15H21ClFNO/c1-3-5-9-18(10-6-4-2)15(19)12-7-8-14(17)13(16)11-12/h7-8,11H,3-6,9-10H2,1-2H3. The molecule has 0 spiro atoms. The van der Waals surface area contributed by atoms with Crippen molar-refractivity contribution >= 4 is 17.5 Å². The normalized spacial score (nSPS) is 10.5. The molecule has 0 bridgehead atoms. The van der Waals surface area contributed by atoms with Gasteiger partial charge in [-0.2, -0.15) is 0 Å². The highest BCUT2D eigenvalue weighted by Gasteiger charge is 2.16. The first kappa shape index (κ1) is 16.0. The van der Waals surface area contributed by atoms with Gasteiger partial charge in [-0.3, -0.25) is 4.79 Å². The van der Waals surface area contributed by atoms with E-state index in [1.807, 2.05) is 4.90 Å². The van der Waals surface area contributed by atoms with Gasteiger partial charge in [-0.25, -0.2) is 4.39 Å². The van der Waals surface area contributed by atoms with Crippen LogP contribution in [0.25, 0.3) is 0 Å². The number of carbonyl (C=O) groups excluding carboxylic acids is 1. The Morgan fingerprint density at radius 3 is 2.26 bits per heavy atom. The van der Waals surface area contributed by atoms with Crippen LogP contribution in [0.5, 0.6) is 0 Å². The Hall–Kier alpha value is -1.09. The molecular formula is C15H21ClFNO. The van der Waals surface area contributed by atoms with Crippen LogP contribution in [0.2, 0.25) is 5.02 Å². The molecule has 0 saturated carbocycles. The fourth-order valence-corrected chi connectivity index (χ4v) is 2.01. The first-order valence-electron chi connectivity index (χ1n) is 6.84. The summed E-state index contributed by atoms with van der Waals surface area (Å²) in [6, 6.07) is 4.14. The molecule has 0 heterocycles. The van der Waals surface area contributed by atoms with Crippen molar-refractivity contribution in [2.24, 2.45) is 0 Å². The van der Waals surface area contributed by atoms with E-state index < -0.39 is 5.82 Å². The highest BCUT2D eigenvalue weighted by molar-refractivity contribution is 6.31. The van der Waals surface area contributed by atoms with Gasteiger partial charge < -0.3 is 4.90 Å². The molecule has 0 aliphatic rings. The molecule has 106 valence electrons. The number of rotatable bonds is 7. The average molecular weight is 286 g/mol. The van der Waals surface area contributed by atoms with Gasteiger partial charge in [0.25, 0.3) is 5.91 Å². The molecule has 19 heavy (non-hydrogen) atoms. The summed E-state index contributed by atoms with van der Waals surface area (Å²) >= 11 is 5.73. The van der Waals surface area contributed by atoms with Crippen LogP contribution in [-0.2, 0) is 0 Å². The van der Waals surface area contributed by atoms with Gasteiger partial charge in [-0.1, -0.05) is 38.3 Å². The molecule has 1 rings (SSSR count). The molecule has 1 aromatic rings. The molecule has 4 heteroatoms. The zero-order chi connectivity index (χ0) is 14.3. The number of hydrogen-bond acceptors (Lipinski definition) is 1. The van der Waals surface area contributed by atoms with E-state index in [4.69, 9.17) is 11.6 Å². The zero-order valence-electron chi connectivity index (χ0n) is 11.6. The molecule has 1 aromatic carbocycles. The number of amides is 1. The Morgan fingerprint density at radius 2 is 1.79 bits per heavy atom. The quantitative estimate of drug-likeness (QED) is 0.721. The van der Waals surface area contributed by atoms with E-state index >= 15 is 0 Å².